The average Bonchev–Trinajstić information content (AvgIpc) is 3.20. The number of aromatic nitrogens is 1. The zero-order valence-corrected chi connectivity index (χ0v) is 15.6. The van der Waals surface area contributed by atoms with Crippen LogP contribution in [0.3, 0.4) is 0 Å². The summed E-state index contributed by atoms with van der Waals surface area (Å²) in [6.45, 7) is 2.85. The number of rotatable bonds is 4. The second kappa shape index (κ2) is 6.77. The first-order chi connectivity index (χ1) is 13.7. The highest BCUT2D eigenvalue weighted by atomic mass is 16.5. The minimum Gasteiger partial charge on any atom is -0.461 e. The Morgan fingerprint density at radius 3 is 2.54 bits per heavy atom. The van der Waals surface area contributed by atoms with E-state index in [-0.39, 0.29) is 17.9 Å². The first-order valence-corrected chi connectivity index (χ1v) is 9.88. The molecule has 1 atom stereocenters. The minimum atomic E-state index is -0.588. The normalized spacial score (nSPS) is 23.8. The third kappa shape index (κ3) is 2.92. The minimum absolute atomic E-state index is 0.0605. The summed E-state index contributed by atoms with van der Waals surface area (Å²) in [6.07, 6.45) is 4.55. The summed E-state index contributed by atoms with van der Waals surface area (Å²) in [5.41, 5.74) is 0.0801. The molecule has 28 heavy (non-hydrogen) atoms. The van der Waals surface area contributed by atoms with Gasteiger partial charge < -0.3 is 23.5 Å². The lowest BCUT2D eigenvalue weighted by Crippen LogP contribution is -2.54. The van der Waals surface area contributed by atoms with Crippen LogP contribution in [-0.4, -0.2) is 65.7 Å². The van der Waals surface area contributed by atoms with Gasteiger partial charge in [-0.2, -0.15) is 0 Å². The highest BCUT2D eigenvalue weighted by Gasteiger charge is 2.55. The van der Waals surface area contributed by atoms with Crippen molar-refractivity contribution < 1.29 is 23.3 Å². The Bertz CT molecular complexity index is 856. The summed E-state index contributed by atoms with van der Waals surface area (Å²) >= 11 is 0. The van der Waals surface area contributed by atoms with Gasteiger partial charge in [0.25, 0.3) is 5.91 Å². The molecule has 1 saturated carbocycles. The quantitative estimate of drug-likeness (QED) is 0.798. The van der Waals surface area contributed by atoms with Crippen LogP contribution in [0.4, 0.5) is 0 Å². The van der Waals surface area contributed by atoms with Gasteiger partial charge in [-0.3, -0.25) is 9.59 Å². The van der Waals surface area contributed by atoms with Gasteiger partial charge >= 0.3 is 0 Å². The molecule has 1 aliphatic carbocycles. The third-order valence-electron chi connectivity index (χ3n) is 6.01. The van der Waals surface area contributed by atoms with Gasteiger partial charge in [0.1, 0.15) is 6.10 Å². The van der Waals surface area contributed by atoms with E-state index >= 15 is 0 Å². The molecule has 2 aromatic rings. The lowest BCUT2D eigenvalue weighted by atomic mass is 9.99. The van der Waals surface area contributed by atoms with E-state index in [1.807, 2.05) is 9.80 Å². The molecule has 4 heterocycles. The molecule has 8 heteroatoms. The fourth-order valence-corrected chi connectivity index (χ4v) is 4.15. The number of nitrogens with zero attached hydrogens (tertiary/aromatic N) is 3. The summed E-state index contributed by atoms with van der Waals surface area (Å²) in [7, 11) is 0. The molecule has 3 fully saturated rings. The molecular formula is C20H23N3O5. The molecule has 0 radical (unpaired) electrons. The van der Waals surface area contributed by atoms with Crippen LogP contribution in [0.5, 0.6) is 0 Å². The van der Waals surface area contributed by atoms with Crippen molar-refractivity contribution in [2.45, 2.75) is 37.2 Å². The topological polar surface area (TPSA) is 89.0 Å². The predicted molar refractivity (Wildman–Crippen MR) is 97.3 cm³/mol. The predicted octanol–water partition coefficient (Wildman–Crippen LogP) is 1.82. The van der Waals surface area contributed by atoms with Gasteiger partial charge in [-0.05, 0) is 37.8 Å². The molecule has 1 unspecified atom stereocenters. The summed E-state index contributed by atoms with van der Waals surface area (Å²) in [5.74, 6) is 1.27. The van der Waals surface area contributed by atoms with Gasteiger partial charge in [-0.15, -0.1) is 0 Å². The largest absolute Gasteiger partial charge is 0.461 e. The number of ether oxygens (including phenoxy) is 1. The van der Waals surface area contributed by atoms with Crippen molar-refractivity contribution in [1.29, 1.82) is 0 Å². The second-order valence-electron chi connectivity index (χ2n) is 7.75. The summed E-state index contributed by atoms with van der Waals surface area (Å²) in [5, 5.41) is 4.15. The van der Waals surface area contributed by atoms with Crippen LogP contribution in [0.2, 0.25) is 0 Å². The molecule has 2 aliphatic heterocycles. The van der Waals surface area contributed by atoms with Crippen LogP contribution >= 0.6 is 0 Å². The molecule has 8 nitrogen and oxygen atoms in total. The van der Waals surface area contributed by atoms with Crippen LogP contribution in [0.25, 0.3) is 11.5 Å². The van der Waals surface area contributed by atoms with Crippen molar-refractivity contribution in [3.63, 3.8) is 0 Å². The van der Waals surface area contributed by atoms with Crippen molar-refractivity contribution in [2.75, 3.05) is 32.8 Å². The van der Waals surface area contributed by atoms with E-state index in [9.17, 15) is 9.59 Å². The van der Waals surface area contributed by atoms with Crippen molar-refractivity contribution in [2.24, 2.45) is 0 Å². The Kier molecular flexibility index (Phi) is 4.23. The molecule has 0 spiro atoms. The highest BCUT2D eigenvalue weighted by molar-refractivity contribution is 5.91. The SMILES string of the molecule is O=C(C1CCCO1)N1CCN(C(=O)C2(c3cc(-c4ccco4)on3)CC2)CC1. The molecule has 148 valence electrons. The van der Waals surface area contributed by atoms with E-state index in [4.69, 9.17) is 13.7 Å². The second-order valence-corrected chi connectivity index (χ2v) is 7.75. The maximum Gasteiger partial charge on any atom is 0.251 e. The van der Waals surface area contributed by atoms with E-state index in [2.05, 4.69) is 5.16 Å². The maximum absolute atomic E-state index is 13.2. The first-order valence-electron chi connectivity index (χ1n) is 9.88. The van der Waals surface area contributed by atoms with Gasteiger partial charge in [0, 0.05) is 38.9 Å². The van der Waals surface area contributed by atoms with E-state index < -0.39 is 5.41 Å². The molecule has 3 aliphatic rings. The van der Waals surface area contributed by atoms with Crippen molar-refractivity contribution in [3.8, 4) is 11.5 Å². The number of hydrogen-bond donors (Lipinski definition) is 0. The molecule has 2 saturated heterocycles. The Morgan fingerprint density at radius 1 is 1.11 bits per heavy atom. The Labute approximate surface area is 162 Å². The van der Waals surface area contributed by atoms with Crippen LogP contribution in [0.1, 0.15) is 31.4 Å². The molecule has 0 aromatic carbocycles. The molecule has 5 rings (SSSR count). The fraction of sp³-hybridized carbons (Fsp3) is 0.550. The van der Waals surface area contributed by atoms with Gasteiger partial charge in [-0.1, -0.05) is 5.16 Å². The number of piperazine rings is 1. The van der Waals surface area contributed by atoms with Gasteiger partial charge in [0.15, 0.2) is 5.76 Å². The van der Waals surface area contributed by atoms with Crippen LogP contribution < -0.4 is 0 Å². The lowest BCUT2D eigenvalue weighted by Gasteiger charge is -2.37. The van der Waals surface area contributed by atoms with Gasteiger partial charge in [-0.25, -0.2) is 0 Å². The van der Waals surface area contributed by atoms with Crippen LogP contribution in [0, 0.1) is 0 Å². The van der Waals surface area contributed by atoms with Gasteiger partial charge in [0.2, 0.25) is 11.7 Å². The van der Waals surface area contributed by atoms with Crippen molar-refractivity contribution in [3.05, 3.63) is 30.2 Å². The zero-order valence-electron chi connectivity index (χ0n) is 15.6. The molecule has 0 bridgehead atoms. The lowest BCUT2D eigenvalue weighted by molar-refractivity contribution is -0.146. The number of furan rings is 1. The number of carbonyl (C=O) groups excluding carboxylic acids is 2. The number of carbonyl (C=O) groups is 2. The van der Waals surface area contributed by atoms with Crippen LogP contribution in [-0.2, 0) is 19.7 Å². The molecule has 2 amide bonds. The Balaban J connectivity index is 1.24. The first kappa shape index (κ1) is 17.5. The standard InChI is InChI=1S/C20H23N3O5/c24-18(15-4-2-12-27-15)22-7-9-23(10-8-22)19(25)20(5-6-20)17-13-16(28-21-17)14-3-1-11-26-14/h1,3,11,13,15H,2,4-10,12H2. The van der Waals surface area contributed by atoms with E-state index in [1.54, 1.807) is 24.5 Å². The molecular weight excluding hydrogens is 362 g/mol. The molecule has 0 N–H and O–H groups in total. The summed E-state index contributed by atoms with van der Waals surface area (Å²) < 4.78 is 16.2. The summed E-state index contributed by atoms with van der Waals surface area (Å²) in [4.78, 5) is 29.4. The van der Waals surface area contributed by atoms with E-state index in [0.717, 1.165) is 25.7 Å². The fourth-order valence-electron chi connectivity index (χ4n) is 4.15. The summed E-state index contributed by atoms with van der Waals surface area (Å²) in [6, 6.07) is 5.39. The number of amides is 2. The van der Waals surface area contributed by atoms with Gasteiger partial charge in [0.05, 0.1) is 17.4 Å². The Hall–Kier alpha value is -2.61. The third-order valence-corrected chi connectivity index (χ3v) is 6.01. The smallest absolute Gasteiger partial charge is 0.251 e. The zero-order chi connectivity index (χ0) is 19.1. The van der Waals surface area contributed by atoms with E-state index in [0.29, 0.717) is 50.0 Å². The number of hydrogen-bond acceptors (Lipinski definition) is 6. The Morgan fingerprint density at radius 2 is 1.89 bits per heavy atom. The maximum atomic E-state index is 13.2. The van der Waals surface area contributed by atoms with Crippen molar-refractivity contribution >= 4 is 11.8 Å². The van der Waals surface area contributed by atoms with Crippen LogP contribution in [0.15, 0.2) is 33.4 Å². The average molecular weight is 385 g/mol. The monoisotopic (exact) mass is 385 g/mol. The van der Waals surface area contributed by atoms with E-state index in [1.165, 1.54) is 0 Å². The van der Waals surface area contributed by atoms with Crippen molar-refractivity contribution in [1.82, 2.24) is 15.0 Å². The highest BCUT2D eigenvalue weighted by Crippen LogP contribution is 2.50. The molecule has 2 aromatic heterocycles.